The molecule has 0 radical (unpaired) electrons. The van der Waals surface area contributed by atoms with E-state index in [4.69, 9.17) is 0 Å². The number of anilines is 1. The topological polar surface area (TPSA) is 23.5 Å². The fraction of sp³-hybridized carbons (Fsp3) is 0.625. The normalized spacial score (nSPS) is 14.3. The number of aliphatic hydroxyl groups is 1. The minimum Gasteiger partial charge on any atom is -0.396 e. The summed E-state index contributed by atoms with van der Waals surface area (Å²) in [5, 5.41) is 9.59. The molecule has 1 rings (SSSR count). The van der Waals surface area contributed by atoms with E-state index in [9.17, 15) is 5.11 Å². The maximum atomic E-state index is 9.59. The highest BCUT2D eigenvalue weighted by atomic mass is 16.3. The molecule has 2 nitrogen and oxygen atoms in total. The van der Waals surface area contributed by atoms with Crippen LogP contribution in [-0.4, -0.2) is 25.3 Å². The lowest BCUT2D eigenvalue weighted by Gasteiger charge is -2.33. The van der Waals surface area contributed by atoms with Crippen LogP contribution >= 0.6 is 0 Å². The van der Waals surface area contributed by atoms with Crippen LogP contribution in [0.2, 0.25) is 0 Å². The van der Waals surface area contributed by atoms with Crippen molar-refractivity contribution in [3.8, 4) is 0 Å². The summed E-state index contributed by atoms with van der Waals surface area (Å²) in [4.78, 5) is 2.26. The number of benzene rings is 1. The van der Waals surface area contributed by atoms with Crippen LogP contribution in [0.15, 0.2) is 18.2 Å². The number of rotatable bonds is 6. The second kappa shape index (κ2) is 6.24. The molecule has 0 bridgehead atoms. The van der Waals surface area contributed by atoms with E-state index < -0.39 is 0 Å². The van der Waals surface area contributed by atoms with E-state index in [0.29, 0.717) is 0 Å². The van der Waals surface area contributed by atoms with Crippen LogP contribution in [0.25, 0.3) is 0 Å². The third kappa shape index (κ3) is 4.02. The van der Waals surface area contributed by atoms with Crippen molar-refractivity contribution in [3.63, 3.8) is 0 Å². The third-order valence-electron chi connectivity index (χ3n) is 3.50. The average Bonchev–Trinajstić information content (AvgIpc) is 2.28. The van der Waals surface area contributed by atoms with Gasteiger partial charge in [0.05, 0.1) is 6.61 Å². The molecule has 1 unspecified atom stereocenters. The zero-order valence-electron chi connectivity index (χ0n) is 12.5. The summed E-state index contributed by atoms with van der Waals surface area (Å²) in [5.41, 5.74) is 3.81. The fourth-order valence-corrected chi connectivity index (χ4v) is 2.65. The molecule has 0 saturated carbocycles. The van der Waals surface area contributed by atoms with Crippen molar-refractivity contribution in [1.29, 1.82) is 0 Å². The van der Waals surface area contributed by atoms with Gasteiger partial charge in [-0.25, -0.2) is 0 Å². The molecule has 2 heteroatoms. The van der Waals surface area contributed by atoms with Gasteiger partial charge in [-0.05, 0) is 43.5 Å². The molecule has 0 aromatic heterocycles. The molecule has 1 aromatic carbocycles. The SMILES string of the molecule is CCCC(C)(CO)CN(C)c1cc(C)cc(C)c1. The summed E-state index contributed by atoms with van der Waals surface area (Å²) in [7, 11) is 2.11. The zero-order valence-corrected chi connectivity index (χ0v) is 12.5. The third-order valence-corrected chi connectivity index (χ3v) is 3.50. The monoisotopic (exact) mass is 249 g/mol. The van der Waals surface area contributed by atoms with Gasteiger partial charge >= 0.3 is 0 Å². The number of aliphatic hydroxyl groups excluding tert-OH is 1. The Morgan fingerprint density at radius 3 is 2.17 bits per heavy atom. The molecule has 1 atom stereocenters. The molecule has 102 valence electrons. The van der Waals surface area contributed by atoms with Crippen molar-refractivity contribution in [2.24, 2.45) is 5.41 Å². The Bertz CT molecular complexity index is 368. The minimum atomic E-state index is -0.0127. The largest absolute Gasteiger partial charge is 0.396 e. The van der Waals surface area contributed by atoms with Gasteiger partial charge < -0.3 is 10.0 Å². The van der Waals surface area contributed by atoms with Gasteiger partial charge in [0.25, 0.3) is 0 Å². The Kier molecular flexibility index (Phi) is 5.21. The Balaban J connectivity index is 2.83. The molecule has 0 aliphatic rings. The van der Waals surface area contributed by atoms with Gasteiger partial charge in [0.2, 0.25) is 0 Å². The summed E-state index contributed by atoms with van der Waals surface area (Å²) in [6.45, 7) is 9.72. The molecule has 0 saturated heterocycles. The molecular formula is C16H27NO. The molecule has 0 aliphatic heterocycles. The number of nitrogens with zero attached hydrogens (tertiary/aromatic N) is 1. The first-order chi connectivity index (χ1) is 8.40. The molecule has 0 amide bonds. The highest BCUT2D eigenvalue weighted by Crippen LogP contribution is 2.27. The van der Waals surface area contributed by atoms with Crippen molar-refractivity contribution in [2.45, 2.75) is 40.5 Å². The highest BCUT2D eigenvalue weighted by molar-refractivity contribution is 5.50. The van der Waals surface area contributed by atoms with E-state index in [-0.39, 0.29) is 12.0 Å². The van der Waals surface area contributed by atoms with E-state index in [1.165, 1.54) is 16.8 Å². The van der Waals surface area contributed by atoms with Crippen molar-refractivity contribution in [1.82, 2.24) is 0 Å². The van der Waals surface area contributed by atoms with Gasteiger partial charge in [0.1, 0.15) is 0 Å². The van der Waals surface area contributed by atoms with Gasteiger partial charge in [-0.1, -0.05) is 26.3 Å². The predicted octanol–water partition coefficient (Wildman–Crippen LogP) is 3.54. The van der Waals surface area contributed by atoms with Crippen LogP contribution in [0.5, 0.6) is 0 Å². The highest BCUT2D eigenvalue weighted by Gasteiger charge is 2.24. The first-order valence-electron chi connectivity index (χ1n) is 6.80. The second-order valence-corrected chi connectivity index (χ2v) is 5.92. The Morgan fingerprint density at radius 2 is 1.72 bits per heavy atom. The van der Waals surface area contributed by atoms with Gasteiger partial charge in [-0.15, -0.1) is 0 Å². The van der Waals surface area contributed by atoms with E-state index in [1.807, 2.05) is 0 Å². The molecule has 1 N–H and O–H groups in total. The molecule has 0 heterocycles. The quantitative estimate of drug-likeness (QED) is 0.833. The van der Waals surface area contributed by atoms with Crippen molar-refractivity contribution in [3.05, 3.63) is 29.3 Å². The first kappa shape index (κ1) is 15.0. The Labute approximate surface area is 112 Å². The summed E-state index contributed by atoms with van der Waals surface area (Å²) >= 11 is 0. The molecule has 1 aromatic rings. The van der Waals surface area contributed by atoms with Crippen LogP contribution in [0.1, 0.15) is 37.8 Å². The standard InChI is InChI=1S/C16H27NO/c1-6-7-16(4,12-18)11-17(5)15-9-13(2)8-14(3)10-15/h8-10,18H,6-7,11-12H2,1-5H3. The van der Waals surface area contributed by atoms with Crippen molar-refractivity contribution < 1.29 is 5.11 Å². The van der Waals surface area contributed by atoms with Gasteiger partial charge in [0.15, 0.2) is 0 Å². The molecule has 0 spiro atoms. The lowest BCUT2D eigenvalue weighted by molar-refractivity contribution is 0.138. The van der Waals surface area contributed by atoms with Crippen molar-refractivity contribution in [2.75, 3.05) is 25.1 Å². The fourth-order valence-electron chi connectivity index (χ4n) is 2.65. The first-order valence-corrected chi connectivity index (χ1v) is 6.80. The molecule has 0 fully saturated rings. The lowest BCUT2D eigenvalue weighted by atomic mass is 9.86. The van der Waals surface area contributed by atoms with Gasteiger partial charge in [0, 0.05) is 24.7 Å². The van der Waals surface area contributed by atoms with Crippen LogP contribution in [0, 0.1) is 19.3 Å². The number of aryl methyl sites for hydroxylation is 2. The van der Waals surface area contributed by atoms with Crippen molar-refractivity contribution >= 4 is 5.69 Å². The number of hydrogen-bond donors (Lipinski definition) is 1. The second-order valence-electron chi connectivity index (χ2n) is 5.92. The zero-order chi connectivity index (χ0) is 13.8. The van der Waals surface area contributed by atoms with E-state index in [1.54, 1.807) is 0 Å². The Hall–Kier alpha value is -1.02. The summed E-state index contributed by atoms with van der Waals surface area (Å²) in [6.07, 6.45) is 2.16. The summed E-state index contributed by atoms with van der Waals surface area (Å²) in [5.74, 6) is 0. The minimum absolute atomic E-state index is 0.0127. The number of hydrogen-bond acceptors (Lipinski definition) is 2. The predicted molar refractivity (Wildman–Crippen MR) is 79.3 cm³/mol. The molecule has 0 aliphatic carbocycles. The van der Waals surface area contributed by atoms with Crippen LogP contribution in [0.3, 0.4) is 0 Å². The average molecular weight is 249 g/mol. The summed E-state index contributed by atoms with van der Waals surface area (Å²) < 4.78 is 0. The van der Waals surface area contributed by atoms with Gasteiger partial charge in [-0.3, -0.25) is 0 Å². The molecular weight excluding hydrogens is 222 g/mol. The van der Waals surface area contributed by atoms with E-state index >= 15 is 0 Å². The smallest absolute Gasteiger partial charge is 0.0501 e. The van der Waals surface area contributed by atoms with E-state index in [0.717, 1.165) is 19.4 Å². The van der Waals surface area contributed by atoms with Crippen LogP contribution < -0.4 is 4.90 Å². The lowest BCUT2D eigenvalue weighted by Crippen LogP contribution is -2.36. The molecule has 18 heavy (non-hydrogen) atoms. The maximum absolute atomic E-state index is 9.59. The van der Waals surface area contributed by atoms with Crippen LogP contribution in [0.4, 0.5) is 5.69 Å². The van der Waals surface area contributed by atoms with Gasteiger partial charge in [-0.2, -0.15) is 0 Å². The van der Waals surface area contributed by atoms with Crippen LogP contribution in [-0.2, 0) is 0 Å². The summed E-state index contributed by atoms with van der Waals surface area (Å²) in [6, 6.07) is 6.60. The maximum Gasteiger partial charge on any atom is 0.0501 e. The van der Waals surface area contributed by atoms with E-state index in [2.05, 4.69) is 57.8 Å². The Morgan fingerprint density at radius 1 is 1.17 bits per heavy atom.